The van der Waals surface area contributed by atoms with E-state index in [1.165, 1.54) is 0 Å². The number of nitrogens with zero attached hydrogens (tertiary/aromatic N) is 4. The highest BCUT2D eigenvalue weighted by Gasteiger charge is 2.27. The van der Waals surface area contributed by atoms with E-state index in [0.717, 1.165) is 16.9 Å². The molecule has 26 heavy (non-hydrogen) atoms. The summed E-state index contributed by atoms with van der Waals surface area (Å²) < 4.78 is 32.2. The third-order valence-corrected chi connectivity index (χ3v) is 6.36. The average Bonchev–Trinajstić information content (AvgIpc) is 3.07. The topological polar surface area (TPSA) is 81.8 Å². The van der Waals surface area contributed by atoms with Crippen molar-refractivity contribution in [2.75, 3.05) is 0 Å². The number of hydrogen-bond donors (Lipinski definition) is 1. The lowest BCUT2D eigenvalue weighted by Crippen LogP contribution is -2.28. The van der Waals surface area contributed by atoms with Crippen LogP contribution in [-0.2, 0) is 17.1 Å². The molecule has 1 unspecified atom stereocenters. The molecule has 0 aliphatic heterocycles. The summed E-state index contributed by atoms with van der Waals surface area (Å²) in [6.45, 7) is 7.20. The SMILES string of the molecule is Cc1nn(-c2ccccc2)c(C)c1S(=O)(=O)NC(C)c1cnn(C)c1C. The normalized spacial score (nSPS) is 13.1. The molecule has 0 fully saturated rings. The van der Waals surface area contributed by atoms with Crippen LogP contribution < -0.4 is 4.72 Å². The first-order valence-corrected chi connectivity index (χ1v) is 9.83. The van der Waals surface area contributed by atoms with Gasteiger partial charge in [-0.05, 0) is 39.8 Å². The number of rotatable bonds is 5. The molecule has 0 aliphatic carbocycles. The fraction of sp³-hybridized carbons (Fsp3) is 0.333. The van der Waals surface area contributed by atoms with E-state index < -0.39 is 16.1 Å². The summed E-state index contributed by atoms with van der Waals surface area (Å²) in [6, 6.07) is 9.09. The second-order valence-corrected chi connectivity index (χ2v) is 8.05. The van der Waals surface area contributed by atoms with E-state index in [1.54, 1.807) is 29.4 Å². The molecular formula is C18H23N5O2S. The maximum absolute atomic E-state index is 13.0. The minimum Gasteiger partial charge on any atom is -0.273 e. The third-order valence-electron chi connectivity index (χ3n) is 4.57. The summed E-state index contributed by atoms with van der Waals surface area (Å²) in [5.41, 5.74) is 3.64. The standard InChI is InChI=1S/C18H23N5O2S/c1-12(17-11-19-22(5)14(17)3)21-26(24,25)18-13(2)20-23(15(18)4)16-9-7-6-8-10-16/h6-12,21H,1-5H3. The number of aromatic nitrogens is 4. The van der Waals surface area contributed by atoms with Crippen LogP contribution in [0.5, 0.6) is 0 Å². The molecule has 0 saturated carbocycles. The molecule has 2 aromatic heterocycles. The highest BCUT2D eigenvalue weighted by molar-refractivity contribution is 7.89. The minimum absolute atomic E-state index is 0.217. The van der Waals surface area contributed by atoms with Gasteiger partial charge < -0.3 is 0 Å². The van der Waals surface area contributed by atoms with Gasteiger partial charge in [-0.25, -0.2) is 17.8 Å². The lowest BCUT2D eigenvalue weighted by Gasteiger charge is -2.14. The molecule has 1 atom stereocenters. The van der Waals surface area contributed by atoms with Gasteiger partial charge >= 0.3 is 0 Å². The van der Waals surface area contributed by atoms with Crippen LogP contribution in [0.15, 0.2) is 41.4 Å². The summed E-state index contributed by atoms with van der Waals surface area (Å²) in [5, 5.41) is 8.61. The number of aryl methyl sites for hydroxylation is 2. The van der Waals surface area contributed by atoms with Crippen molar-refractivity contribution in [1.29, 1.82) is 0 Å². The van der Waals surface area contributed by atoms with Crippen molar-refractivity contribution >= 4 is 10.0 Å². The van der Waals surface area contributed by atoms with Gasteiger partial charge in [0.2, 0.25) is 10.0 Å². The maximum Gasteiger partial charge on any atom is 0.244 e. The minimum atomic E-state index is -3.73. The molecule has 0 bridgehead atoms. The first-order valence-electron chi connectivity index (χ1n) is 8.35. The van der Waals surface area contributed by atoms with Crippen LogP contribution in [0.25, 0.3) is 5.69 Å². The molecule has 7 nitrogen and oxygen atoms in total. The molecule has 1 aromatic carbocycles. The molecule has 0 spiro atoms. The van der Waals surface area contributed by atoms with E-state index in [4.69, 9.17) is 0 Å². The quantitative estimate of drug-likeness (QED) is 0.745. The van der Waals surface area contributed by atoms with Gasteiger partial charge in [0.1, 0.15) is 4.90 Å². The number of benzene rings is 1. The average molecular weight is 373 g/mol. The molecule has 0 radical (unpaired) electrons. The van der Waals surface area contributed by atoms with Gasteiger partial charge in [-0.15, -0.1) is 0 Å². The van der Waals surface area contributed by atoms with Crippen molar-refractivity contribution in [2.24, 2.45) is 7.05 Å². The van der Waals surface area contributed by atoms with Gasteiger partial charge in [-0.2, -0.15) is 10.2 Å². The van der Waals surface area contributed by atoms with Gasteiger partial charge in [-0.1, -0.05) is 18.2 Å². The Balaban J connectivity index is 1.98. The van der Waals surface area contributed by atoms with Crippen molar-refractivity contribution in [3.63, 3.8) is 0 Å². The summed E-state index contributed by atoms with van der Waals surface area (Å²) >= 11 is 0. The monoisotopic (exact) mass is 373 g/mol. The molecule has 3 rings (SSSR count). The smallest absolute Gasteiger partial charge is 0.244 e. The molecule has 0 aliphatic rings. The van der Waals surface area contributed by atoms with E-state index in [0.29, 0.717) is 11.4 Å². The lowest BCUT2D eigenvalue weighted by molar-refractivity contribution is 0.565. The summed E-state index contributed by atoms with van der Waals surface area (Å²) in [6.07, 6.45) is 1.69. The summed E-state index contributed by atoms with van der Waals surface area (Å²) in [5.74, 6) is 0. The maximum atomic E-state index is 13.0. The predicted molar refractivity (Wildman–Crippen MR) is 99.7 cm³/mol. The molecule has 1 N–H and O–H groups in total. The van der Waals surface area contributed by atoms with Gasteiger partial charge in [0, 0.05) is 24.3 Å². The van der Waals surface area contributed by atoms with Crippen LogP contribution in [0.4, 0.5) is 0 Å². The van der Waals surface area contributed by atoms with Gasteiger partial charge in [0.25, 0.3) is 0 Å². The van der Waals surface area contributed by atoms with Crippen LogP contribution in [0.3, 0.4) is 0 Å². The van der Waals surface area contributed by atoms with Crippen LogP contribution in [-0.4, -0.2) is 28.0 Å². The second-order valence-electron chi connectivity index (χ2n) is 6.40. The first kappa shape index (κ1) is 18.3. The summed E-state index contributed by atoms with van der Waals surface area (Å²) in [7, 11) is -1.90. The van der Waals surface area contributed by atoms with Crippen molar-refractivity contribution in [3.8, 4) is 5.69 Å². The number of hydrogen-bond acceptors (Lipinski definition) is 4. The van der Waals surface area contributed by atoms with Crippen LogP contribution in [0, 0.1) is 20.8 Å². The van der Waals surface area contributed by atoms with Crippen molar-refractivity contribution in [1.82, 2.24) is 24.3 Å². The van der Waals surface area contributed by atoms with E-state index in [2.05, 4.69) is 14.9 Å². The Bertz CT molecular complexity index is 1040. The first-order chi connectivity index (χ1) is 12.2. The molecule has 0 saturated heterocycles. The lowest BCUT2D eigenvalue weighted by atomic mass is 10.1. The van der Waals surface area contributed by atoms with E-state index in [9.17, 15) is 8.42 Å². The Labute approximate surface area is 153 Å². The molecule has 8 heteroatoms. The van der Waals surface area contributed by atoms with Crippen molar-refractivity contribution in [3.05, 3.63) is 59.2 Å². The Hall–Kier alpha value is -2.45. The third kappa shape index (κ3) is 3.17. The number of sulfonamides is 1. The van der Waals surface area contributed by atoms with E-state index >= 15 is 0 Å². The molecule has 3 aromatic rings. The van der Waals surface area contributed by atoms with Crippen LogP contribution >= 0.6 is 0 Å². The number of nitrogens with one attached hydrogen (secondary N) is 1. The molecular weight excluding hydrogens is 350 g/mol. The highest BCUT2D eigenvalue weighted by atomic mass is 32.2. The Morgan fingerprint density at radius 2 is 1.73 bits per heavy atom. The van der Waals surface area contributed by atoms with Crippen molar-refractivity contribution < 1.29 is 8.42 Å². The summed E-state index contributed by atoms with van der Waals surface area (Å²) in [4.78, 5) is 0.217. The fourth-order valence-corrected chi connectivity index (χ4v) is 4.75. The molecule has 138 valence electrons. The largest absolute Gasteiger partial charge is 0.273 e. The second kappa shape index (κ2) is 6.69. The highest BCUT2D eigenvalue weighted by Crippen LogP contribution is 2.25. The van der Waals surface area contributed by atoms with Crippen LogP contribution in [0.2, 0.25) is 0 Å². The Morgan fingerprint density at radius 3 is 2.31 bits per heavy atom. The van der Waals surface area contributed by atoms with Gasteiger partial charge in [0.15, 0.2) is 0 Å². The zero-order chi connectivity index (χ0) is 19.1. The van der Waals surface area contributed by atoms with Gasteiger partial charge in [-0.3, -0.25) is 4.68 Å². The Kier molecular flexibility index (Phi) is 4.72. The predicted octanol–water partition coefficient (Wildman–Crippen LogP) is 2.57. The number of para-hydroxylation sites is 1. The van der Waals surface area contributed by atoms with Gasteiger partial charge in [0.05, 0.1) is 23.3 Å². The van der Waals surface area contributed by atoms with Crippen molar-refractivity contribution in [2.45, 2.75) is 38.6 Å². The molecule has 0 amide bonds. The van der Waals surface area contributed by atoms with E-state index in [-0.39, 0.29) is 4.90 Å². The fourth-order valence-electron chi connectivity index (χ4n) is 3.13. The van der Waals surface area contributed by atoms with E-state index in [1.807, 2.05) is 51.2 Å². The Morgan fingerprint density at radius 1 is 1.08 bits per heavy atom. The zero-order valence-electron chi connectivity index (χ0n) is 15.6. The molecule has 2 heterocycles. The van der Waals surface area contributed by atoms with Crippen LogP contribution in [0.1, 0.15) is 35.6 Å². The zero-order valence-corrected chi connectivity index (χ0v) is 16.4.